The van der Waals surface area contributed by atoms with Crippen LogP contribution in [-0.4, -0.2) is 21.0 Å². The number of nitrogens with zero attached hydrogens (tertiary/aromatic N) is 1. The molecule has 1 aliphatic rings. The summed E-state index contributed by atoms with van der Waals surface area (Å²) in [7, 11) is 0. The predicted molar refractivity (Wildman–Crippen MR) is 116 cm³/mol. The van der Waals surface area contributed by atoms with E-state index in [-0.39, 0.29) is 35.3 Å². The third-order valence-corrected chi connectivity index (χ3v) is 4.82. The second-order valence-electron chi connectivity index (χ2n) is 6.76. The Bertz CT molecular complexity index is 1030. The Balaban J connectivity index is 0.00000124. The molecule has 0 atom stereocenters. The molecule has 30 heavy (non-hydrogen) atoms. The van der Waals surface area contributed by atoms with E-state index in [2.05, 4.69) is 0 Å². The van der Waals surface area contributed by atoms with Crippen LogP contribution in [0.5, 0.6) is 17.2 Å². The molecule has 0 saturated heterocycles. The van der Waals surface area contributed by atoms with Crippen molar-refractivity contribution < 1.29 is 19.7 Å². The molecule has 3 aromatic rings. The number of carbonyl (C=O) groups is 1. The highest BCUT2D eigenvalue weighted by Crippen LogP contribution is 2.37. The molecule has 6 heteroatoms. The number of rotatable bonds is 4. The third-order valence-electron chi connectivity index (χ3n) is 4.82. The third kappa shape index (κ3) is 4.33. The van der Waals surface area contributed by atoms with Crippen LogP contribution < -0.4 is 10.5 Å². The Morgan fingerprint density at radius 1 is 1.03 bits per heavy atom. The molecule has 4 N–H and O–H groups in total. The highest BCUT2D eigenvalue weighted by Gasteiger charge is 2.30. The average molecular weight is 406 g/mol. The van der Waals surface area contributed by atoms with Crippen LogP contribution in [0.3, 0.4) is 0 Å². The zero-order valence-corrected chi connectivity index (χ0v) is 17.1. The van der Waals surface area contributed by atoms with Gasteiger partial charge in [0.05, 0.1) is 0 Å². The van der Waals surface area contributed by atoms with Crippen molar-refractivity contribution >= 4 is 11.6 Å². The number of carbonyl (C=O) groups excluding carboxylic acids is 1. The van der Waals surface area contributed by atoms with Crippen molar-refractivity contribution in [3.8, 4) is 17.2 Å². The van der Waals surface area contributed by atoms with Gasteiger partial charge in [0.25, 0.3) is 5.91 Å². The van der Waals surface area contributed by atoms with Gasteiger partial charge < -0.3 is 25.6 Å². The maximum atomic E-state index is 13.2. The van der Waals surface area contributed by atoms with Gasteiger partial charge in [0.1, 0.15) is 29.4 Å². The summed E-state index contributed by atoms with van der Waals surface area (Å²) < 4.78 is 5.77. The van der Waals surface area contributed by atoms with Crippen LogP contribution in [0.15, 0.2) is 60.7 Å². The Hall–Kier alpha value is -3.67. The minimum absolute atomic E-state index is 0.0279. The van der Waals surface area contributed by atoms with Crippen LogP contribution in [0.2, 0.25) is 0 Å². The van der Waals surface area contributed by atoms with Gasteiger partial charge in [-0.05, 0) is 22.8 Å². The zero-order chi connectivity index (χ0) is 21.7. The number of anilines is 1. The minimum atomic E-state index is -0.379. The van der Waals surface area contributed by atoms with Crippen molar-refractivity contribution in [1.29, 1.82) is 0 Å². The monoisotopic (exact) mass is 406 g/mol. The number of hydrogen-bond donors (Lipinski definition) is 3. The lowest BCUT2D eigenvalue weighted by atomic mass is 10.1. The van der Waals surface area contributed by atoms with E-state index in [9.17, 15) is 15.0 Å². The lowest BCUT2D eigenvalue weighted by Crippen LogP contribution is -2.26. The average Bonchev–Trinajstić information content (AvgIpc) is 3.20. The standard InChI is InChI=1S/C22H20N2O4.C2H6/c23-18-8-4-7-15-11-24(12-17(15)18)22(27)21-19(26)9-16(25)10-20(21)28-13-14-5-2-1-3-6-14;1-2/h1-10,25-26H,11-13,23H2;1-2H3. The fourth-order valence-electron chi connectivity index (χ4n) is 3.40. The van der Waals surface area contributed by atoms with E-state index >= 15 is 0 Å². The second kappa shape index (κ2) is 9.22. The molecule has 0 radical (unpaired) electrons. The molecule has 3 aromatic carbocycles. The maximum absolute atomic E-state index is 13.2. The second-order valence-corrected chi connectivity index (χ2v) is 6.76. The smallest absolute Gasteiger partial charge is 0.262 e. The van der Waals surface area contributed by atoms with Gasteiger partial charge in [0, 0.05) is 30.9 Å². The van der Waals surface area contributed by atoms with Crippen LogP contribution in [-0.2, 0) is 19.7 Å². The first kappa shape index (κ1) is 21.0. The maximum Gasteiger partial charge on any atom is 0.262 e. The zero-order valence-electron chi connectivity index (χ0n) is 17.1. The first-order valence-electron chi connectivity index (χ1n) is 9.91. The number of benzene rings is 3. The Morgan fingerprint density at radius 2 is 1.77 bits per heavy atom. The summed E-state index contributed by atoms with van der Waals surface area (Å²) in [5.74, 6) is -0.741. The van der Waals surface area contributed by atoms with Gasteiger partial charge in [-0.3, -0.25) is 4.79 Å². The number of phenolic OH excluding ortho intramolecular Hbond substituents is 2. The summed E-state index contributed by atoms with van der Waals surface area (Å²) in [4.78, 5) is 14.8. The highest BCUT2D eigenvalue weighted by atomic mass is 16.5. The van der Waals surface area contributed by atoms with Gasteiger partial charge in [0.2, 0.25) is 0 Å². The number of fused-ring (bicyclic) bond motifs is 1. The molecule has 0 fully saturated rings. The van der Waals surface area contributed by atoms with Gasteiger partial charge in [0.15, 0.2) is 0 Å². The van der Waals surface area contributed by atoms with Gasteiger partial charge in [-0.1, -0.05) is 56.3 Å². The summed E-state index contributed by atoms with van der Waals surface area (Å²) in [6.45, 7) is 4.97. The number of phenols is 2. The van der Waals surface area contributed by atoms with E-state index in [0.717, 1.165) is 22.8 Å². The summed E-state index contributed by atoms with van der Waals surface area (Å²) >= 11 is 0. The van der Waals surface area contributed by atoms with Crippen molar-refractivity contribution in [3.05, 3.63) is 82.9 Å². The van der Waals surface area contributed by atoms with E-state index < -0.39 is 0 Å². The molecule has 0 spiro atoms. The summed E-state index contributed by atoms with van der Waals surface area (Å²) in [5, 5.41) is 20.2. The summed E-state index contributed by atoms with van der Waals surface area (Å²) in [6.07, 6.45) is 0. The van der Waals surface area contributed by atoms with Crippen LogP contribution in [0, 0.1) is 0 Å². The minimum Gasteiger partial charge on any atom is -0.508 e. The van der Waals surface area contributed by atoms with E-state index in [1.165, 1.54) is 6.07 Å². The lowest BCUT2D eigenvalue weighted by molar-refractivity contribution is 0.0743. The number of nitrogen functional groups attached to an aromatic ring is 1. The van der Waals surface area contributed by atoms with Crippen molar-refractivity contribution in [2.45, 2.75) is 33.5 Å². The van der Waals surface area contributed by atoms with Crippen LogP contribution in [0.1, 0.15) is 40.9 Å². The fraction of sp³-hybridized carbons (Fsp3) is 0.208. The molecule has 4 rings (SSSR count). The molecule has 1 aliphatic heterocycles. The normalized spacial score (nSPS) is 12.0. The van der Waals surface area contributed by atoms with Crippen molar-refractivity contribution in [2.75, 3.05) is 5.73 Å². The van der Waals surface area contributed by atoms with Crippen molar-refractivity contribution in [1.82, 2.24) is 4.90 Å². The predicted octanol–water partition coefficient (Wildman–Crippen LogP) is 4.44. The van der Waals surface area contributed by atoms with Crippen LogP contribution >= 0.6 is 0 Å². The molecule has 1 amide bonds. The van der Waals surface area contributed by atoms with Gasteiger partial charge in [-0.15, -0.1) is 0 Å². The van der Waals surface area contributed by atoms with Gasteiger partial charge in [-0.2, -0.15) is 0 Å². The molecular formula is C24H26N2O4. The van der Waals surface area contributed by atoms with E-state index in [4.69, 9.17) is 10.5 Å². The van der Waals surface area contributed by atoms with Crippen molar-refractivity contribution in [2.24, 2.45) is 0 Å². The summed E-state index contributed by atoms with van der Waals surface area (Å²) in [5.41, 5.74) is 9.50. The Labute approximate surface area is 176 Å². The van der Waals surface area contributed by atoms with Crippen molar-refractivity contribution in [3.63, 3.8) is 0 Å². The highest BCUT2D eigenvalue weighted by molar-refractivity contribution is 6.00. The molecule has 0 aliphatic carbocycles. The molecule has 6 nitrogen and oxygen atoms in total. The number of hydrogen-bond acceptors (Lipinski definition) is 5. The first-order chi connectivity index (χ1) is 14.5. The largest absolute Gasteiger partial charge is 0.508 e. The topological polar surface area (TPSA) is 96.0 Å². The number of nitrogens with two attached hydrogens (primary N) is 1. The number of amides is 1. The quantitative estimate of drug-likeness (QED) is 0.557. The first-order valence-corrected chi connectivity index (χ1v) is 9.91. The Morgan fingerprint density at radius 3 is 2.47 bits per heavy atom. The van der Waals surface area contributed by atoms with Gasteiger partial charge in [-0.25, -0.2) is 0 Å². The SMILES string of the molecule is CC.Nc1cccc2c1CN(C(=O)c1c(O)cc(O)cc1OCc1ccccc1)C2. The molecule has 1 heterocycles. The van der Waals surface area contributed by atoms with Gasteiger partial charge >= 0.3 is 0 Å². The molecule has 0 aromatic heterocycles. The van der Waals surface area contributed by atoms with E-state index in [1.807, 2.05) is 56.3 Å². The Kier molecular flexibility index (Phi) is 6.47. The fourth-order valence-corrected chi connectivity index (χ4v) is 3.40. The number of ether oxygens (including phenoxy) is 1. The summed E-state index contributed by atoms with van der Waals surface area (Å²) in [6, 6.07) is 17.5. The molecule has 156 valence electrons. The molecular weight excluding hydrogens is 380 g/mol. The molecule has 0 bridgehead atoms. The van der Waals surface area contributed by atoms with E-state index in [1.54, 1.807) is 11.0 Å². The molecule has 0 unspecified atom stereocenters. The van der Waals surface area contributed by atoms with Crippen LogP contribution in [0.4, 0.5) is 5.69 Å². The molecule has 0 saturated carbocycles. The van der Waals surface area contributed by atoms with E-state index in [0.29, 0.717) is 18.8 Å². The van der Waals surface area contributed by atoms with Crippen LogP contribution in [0.25, 0.3) is 0 Å². The number of aromatic hydroxyl groups is 2. The lowest BCUT2D eigenvalue weighted by Gasteiger charge is -2.19.